The SMILES string of the molecule is CC(C)Oc1cccc(F)c1C1=NCc2cnc(Nc3ccc(C(=O)O)cc3)nc2-c2ccc(Cl)cc21. The molecule has 4 aromatic rings. The van der Waals surface area contributed by atoms with Crippen LogP contribution in [0.3, 0.4) is 0 Å². The third-order valence-electron chi connectivity index (χ3n) is 5.73. The van der Waals surface area contributed by atoms with Gasteiger partial charge in [-0.05, 0) is 62.4 Å². The lowest BCUT2D eigenvalue weighted by atomic mass is 9.94. The van der Waals surface area contributed by atoms with Gasteiger partial charge >= 0.3 is 5.97 Å². The number of aromatic carboxylic acids is 1. The summed E-state index contributed by atoms with van der Waals surface area (Å²) in [6.07, 6.45) is 1.51. The van der Waals surface area contributed by atoms with Crippen molar-refractivity contribution in [1.82, 2.24) is 9.97 Å². The second-order valence-electron chi connectivity index (χ2n) is 8.71. The second kappa shape index (κ2) is 9.99. The maximum atomic E-state index is 15.3. The Morgan fingerprint density at radius 3 is 2.62 bits per heavy atom. The minimum absolute atomic E-state index is 0.160. The van der Waals surface area contributed by atoms with Crippen LogP contribution in [0.1, 0.15) is 40.9 Å². The van der Waals surface area contributed by atoms with Crippen molar-refractivity contribution in [2.75, 3.05) is 5.32 Å². The van der Waals surface area contributed by atoms with Crippen molar-refractivity contribution in [3.63, 3.8) is 0 Å². The standard InChI is InChI=1S/C28H22ClFN4O3/c1-15(2)37-23-5-3-4-22(30)24(23)26-21-12-18(29)8-11-20(21)25-17(13-31-26)14-32-28(34-25)33-19-9-6-16(7-10-19)27(35)36/h3-12,14-15H,13H2,1-2H3,(H,35,36)(H,32,33,34). The van der Waals surface area contributed by atoms with Gasteiger partial charge in [-0.25, -0.2) is 19.2 Å². The van der Waals surface area contributed by atoms with Crippen molar-refractivity contribution in [1.29, 1.82) is 0 Å². The average Bonchev–Trinajstić information content (AvgIpc) is 3.01. The highest BCUT2D eigenvalue weighted by molar-refractivity contribution is 6.31. The summed E-state index contributed by atoms with van der Waals surface area (Å²) in [7, 11) is 0. The second-order valence-corrected chi connectivity index (χ2v) is 9.15. The van der Waals surface area contributed by atoms with Gasteiger partial charge in [0.15, 0.2) is 0 Å². The van der Waals surface area contributed by atoms with E-state index in [1.165, 1.54) is 18.2 Å². The molecule has 2 N–H and O–H groups in total. The van der Waals surface area contributed by atoms with Crippen LogP contribution in [0, 0.1) is 5.82 Å². The van der Waals surface area contributed by atoms with Crippen molar-refractivity contribution < 1.29 is 19.0 Å². The van der Waals surface area contributed by atoms with E-state index in [0.29, 0.717) is 39.4 Å². The first-order chi connectivity index (χ1) is 17.8. The number of nitrogens with one attached hydrogen (secondary N) is 1. The van der Waals surface area contributed by atoms with Crippen molar-refractivity contribution in [3.05, 3.63) is 100.0 Å². The number of halogens is 2. The maximum absolute atomic E-state index is 15.3. The normalized spacial score (nSPS) is 12.3. The van der Waals surface area contributed by atoms with Crippen LogP contribution >= 0.6 is 11.6 Å². The van der Waals surface area contributed by atoms with Crippen molar-refractivity contribution >= 4 is 34.9 Å². The van der Waals surface area contributed by atoms with E-state index in [0.717, 1.165) is 11.1 Å². The first-order valence-electron chi connectivity index (χ1n) is 11.6. The van der Waals surface area contributed by atoms with Gasteiger partial charge in [0.2, 0.25) is 5.95 Å². The van der Waals surface area contributed by atoms with Crippen molar-refractivity contribution in [2.24, 2.45) is 4.99 Å². The number of carboxylic acid groups (broad SMARTS) is 1. The number of rotatable bonds is 6. The van der Waals surface area contributed by atoms with E-state index >= 15 is 4.39 Å². The summed E-state index contributed by atoms with van der Waals surface area (Å²) in [5, 5.41) is 12.7. The fourth-order valence-corrected chi connectivity index (χ4v) is 4.28. The third kappa shape index (κ3) is 5.01. The molecule has 0 saturated carbocycles. The van der Waals surface area contributed by atoms with E-state index in [4.69, 9.17) is 31.4 Å². The van der Waals surface area contributed by atoms with E-state index in [2.05, 4.69) is 10.3 Å². The number of aliphatic imine (C=N–C) groups is 1. The van der Waals surface area contributed by atoms with Crippen LogP contribution in [-0.2, 0) is 6.54 Å². The highest BCUT2D eigenvalue weighted by Crippen LogP contribution is 2.36. The summed E-state index contributed by atoms with van der Waals surface area (Å²) >= 11 is 6.38. The predicted molar refractivity (Wildman–Crippen MR) is 141 cm³/mol. The zero-order valence-electron chi connectivity index (χ0n) is 20.0. The van der Waals surface area contributed by atoms with E-state index in [-0.39, 0.29) is 23.8 Å². The van der Waals surface area contributed by atoms with Crippen LogP contribution in [0.2, 0.25) is 5.02 Å². The summed E-state index contributed by atoms with van der Waals surface area (Å²) in [6, 6.07) is 16.3. The van der Waals surface area contributed by atoms with Crippen molar-refractivity contribution in [3.8, 4) is 17.0 Å². The van der Waals surface area contributed by atoms with Crippen LogP contribution in [0.4, 0.5) is 16.0 Å². The lowest BCUT2D eigenvalue weighted by Gasteiger charge is -2.17. The van der Waals surface area contributed by atoms with E-state index in [1.54, 1.807) is 42.6 Å². The molecule has 0 bridgehead atoms. The van der Waals surface area contributed by atoms with Crippen LogP contribution in [0.25, 0.3) is 11.3 Å². The molecular weight excluding hydrogens is 495 g/mol. The molecule has 37 heavy (non-hydrogen) atoms. The van der Waals surface area contributed by atoms with Gasteiger partial charge in [0.05, 0.1) is 35.2 Å². The Hall–Kier alpha value is -4.30. The Morgan fingerprint density at radius 1 is 1.11 bits per heavy atom. The first-order valence-corrected chi connectivity index (χ1v) is 11.9. The predicted octanol–water partition coefficient (Wildman–Crippen LogP) is 6.52. The van der Waals surface area contributed by atoms with Crippen molar-refractivity contribution in [2.45, 2.75) is 26.5 Å². The van der Waals surface area contributed by atoms with Gasteiger partial charge in [0.1, 0.15) is 11.6 Å². The number of hydrogen-bond donors (Lipinski definition) is 2. The first kappa shape index (κ1) is 24.4. The quantitative estimate of drug-likeness (QED) is 0.303. The smallest absolute Gasteiger partial charge is 0.335 e. The zero-order chi connectivity index (χ0) is 26.1. The molecule has 9 heteroatoms. The molecule has 0 spiro atoms. The monoisotopic (exact) mass is 516 g/mol. The highest BCUT2D eigenvalue weighted by atomic mass is 35.5. The molecule has 0 amide bonds. The Balaban J connectivity index is 1.59. The number of nitrogens with zero attached hydrogens (tertiary/aromatic N) is 3. The molecule has 5 rings (SSSR count). The van der Waals surface area contributed by atoms with Gasteiger partial charge in [-0.3, -0.25) is 4.99 Å². The summed E-state index contributed by atoms with van der Waals surface area (Å²) in [4.78, 5) is 25.1. The summed E-state index contributed by atoms with van der Waals surface area (Å²) in [5.74, 6) is -0.743. The Bertz CT molecular complexity index is 1540. The number of anilines is 2. The molecule has 7 nitrogen and oxygen atoms in total. The molecular formula is C28H22ClFN4O3. The van der Waals surface area contributed by atoms with Crippen LogP contribution in [0.15, 0.2) is 71.9 Å². The molecule has 0 unspecified atom stereocenters. The largest absolute Gasteiger partial charge is 0.490 e. The lowest BCUT2D eigenvalue weighted by molar-refractivity contribution is 0.0697. The zero-order valence-corrected chi connectivity index (χ0v) is 20.8. The average molecular weight is 517 g/mol. The molecule has 0 aliphatic carbocycles. The van der Waals surface area contributed by atoms with Crippen LogP contribution in [-0.4, -0.2) is 32.9 Å². The molecule has 1 aromatic heterocycles. The molecule has 1 aliphatic rings. The Kier molecular flexibility index (Phi) is 6.58. The molecule has 186 valence electrons. The summed E-state index contributed by atoms with van der Waals surface area (Å²) in [5.41, 5.74) is 4.23. The van der Waals surface area contributed by atoms with Gasteiger partial charge in [0.25, 0.3) is 0 Å². The molecule has 1 aliphatic heterocycles. The summed E-state index contributed by atoms with van der Waals surface area (Å²) < 4.78 is 21.2. The molecule has 0 saturated heterocycles. The summed E-state index contributed by atoms with van der Waals surface area (Å²) in [6.45, 7) is 3.98. The third-order valence-corrected chi connectivity index (χ3v) is 5.96. The maximum Gasteiger partial charge on any atom is 0.335 e. The van der Waals surface area contributed by atoms with Gasteiger partial charge in [0, 0.05) is 33.6 Å². The molecule has 0 radical (unpaired) electrons. The molecule has 0 fully saturated rings. The van der Waals surface area contributed by atoms with Crippen LogP contribution < -0.4 is 10.1 Å². The van der Waals surface area contributed by atoms with E-state index in [9.17, 15) is 4.79 Å². The number of fused-ring (bicyclic) bond motifs is 3. The number of ether oxygens (including phenoxy) is 1. The number of hydrogen-bond acceptors (Lipinski definition) is 6. The topological polar surface area (TPSA) is 96.7 Å². The van der Waals surface area contributed by atoms with Gasteiger partial charge < -0.3 is 15.2 Å². The number of aromatic nitrogens is 2. The fraction of sp³-hybridized carbons (Fsp3) is 0.143. The Labute approximate surface area is 217 Å². The number of benzene rings is 3. The number of carboxylic acids is 1. The van der Waals surface area contributed by atoms with Crippen LogP contribution in [0.5, 0.6) is 5.75 Å². The Morgan fingerprint density at radius 2 is 1.89 bits per heavy atom. The lowest BCUT2D eigenvalue weighted by Crippen LogP contribution is -2.14. The van der Waals surface area contributed by atoms with Gasteiger partial charge in [-0.15, -0.1) is 0 Å². The highest BCUT2D eigenvalue weighted by Gasteiger charge is 2.26. The van der Waals surface area contributed by atoms with Gasteiger partial charge in [-0.1, -0.05) is 23.7 Å². The van der Waals surface area contributed by atoms with E-state index in [1.807, 2.05) is 19.9 Å². The van der Waals surface area contributed by atoms with E-state index < -0.39 is 11.8 Å². The molecule has 2 heterocycles. The fourth-order valence-electron chi connectivity index (χ4n) is 4.11. The minimum atomic E-state index is -1.00. The molecule has 0 atom stereocenters. The number of carbonyl (C=O) groups is 1. The van der Waals surface area contributed by atoms with Gasteiger partial charge in [-0.2, -0.15) is 0 Å². The molecule has 3 aromatic carbocycles. The minimum Gasteiger partial charge on any atom is -0.490 e.